The number of nitrogens with zero attached hydrogens (tertiary/aromatic N) is 1. The molecule has 21 heavy (non-hydrogen) atoms. The van der Waals surface area contributed by atoms with Crippen molar-refractivity contribution >= 4 is 0 Å². The highest BCUT2D eigenvalue weighted by Gasteiger charge is 2.44. The predicted molar refractivity (Wildman–Crippen MR) is 81.9 cm³/mol. The highest BCUT2D eigenvalue weighted by atomic mass is 16.6. The van der Waals surface area contributed by atoms with Crippen molar-refractivity contribution in [3.05, 3.63) is 81.9 Å². The van der Waals surface area contributed by atoms with Gasteiger partial charge in [0.25, 0.3) is 0 Å². The quantitative estimate of drug-likeness (QED) is 0.693. The predicted octanol–water partition coefficient (Wildman–Crippen LogP) is 2.63. The van der Waals surface area contributed by atoms with E-state index in [0.717, 1.165) is 12.0 Å². The van der Waals surface area contributed by atoms with E-state index in [9.17, 15) is 10.1 Å². The molecule has 1 fully saturated rings. The molecule has 1 aliphatic rings. The summed E-state index contributed by atoms with van der Waals surface area (Å²) in [4.78, 5) is 11.2. The largest absolute Gasteiger partial charge is 0.306 e. The number of nitrogens with one attached hydrogen (secondary N) is 1. The molecular weight excluding hydrogens is 264 g/mol. The summed E-state index contributed by atoms with van der Waals surface area (Å²) in [7, 11) is 0. The summed E-state index contributed by atoms with van der Waals surface area (Å²) < 4.78 is 0. The van der Waals surface area contributed by atoms with Gasteiger partial charge in [-0.15, -0.1) is 0 Å². The van der Waals surface area contributed by atoms with Gasteiger partial charge in [-0.1, -0.05) is 60.7 Å². The molecule has 0 amide bonds. The smallest absolute Gasteiger partial charge is 0.233 e. The van der Waals surface area contributed by atoms with Crippen molar-refractivity contribution in [2.75, 3.05) is 6.54 Å². The molecule has 2 aromatic carbocycles. The van der Waals surface area contributed by atoms with E-state index in [-0.39, 0.29) is 16.9 Å². The Morgan fingerprint density at radius 3 is 2.29 bits per heavy atom. The summed E-state index contributed by atoms with van der Waals surface area (Å²) in [5, 5.41) is 14.7. The fourth-order valence-corrected chi connectivity index (χ4v) is 3.20. The summed E-state index contributed by atoms with van der Waals surface area (Å²) in [5.74, 6) is -0.0820. The topological polar surface area (TPSA) is 55.2 Å². The fraction of sp³-hybridized carbons (Fsp3) is 0.294. The highest BCUT2D eigenvalue weighted by molar-refractivity contribution is 5.27. The van der Waals surface area contributed by atoms with Crippen molar-refractivity contribution in [3.63, 3.8) is 0 Å². The van der Waals surface area contributed by atoms with Gasteiger partial charge in [0.1, 0.15) is 0 Å². The molecule has 0 aliphatic carbocycles. The van der Waals surface area contributed by atoms with Crippen LogP contribution >= 0.6 is 0 Å². The summed E-state index contributed by atoms with van der Waals surface area (Å²) >= 11 is 0. The van der Waals surface area contributed by atoms with Gasteiger partial charge in [0, 0.05) is 11.0 Å². The van der Waals surface area contributed by atoms with Crippen molar-refractivity contribution < 1.29 is 4.92 Å². The molecule has 0 bridgehead atoms. The van der Waals surface area contributed by atoms with Gasteiger partial charge in [0.2, 0.25) is 6.04 Å². The molecule has 3 atom stereocenters. The van der Waals surface area contributed by atoms with Crippen LogP contribution in [0.2, 0.25) is 0 Å². The highest BCUT2D eigenvalue weighted by Crippen LogP contribution is 2.31. The Bertz CT molecular complexity index is 601. The first-order valence-corrected chi connectivity index (χ1v) is 7.21. The fourth-order valence-electron chi connectivity index (χ4n) is 3.20. The van der Waals surface area contributed by atoms with Crippen molar-refractivity contribution in [3.8, 4) is 0 Å². The van der Waals surface area contributed by atoms with Gasteiger partial charge in [0.15, 0.2) is 0 Å². The van der Waals surface area contributed by atoms with E-state index in [1.165, 1.54) is 5.56 Å². The molecule has 1 heterocycles. The van der Waals surface area contributed by atoms with Crippen molar-refractivity contribution in [2.24, 2.45) is 0 Å². The molecule has 0 radical (unpaired) electrons. The zero-order valence-corrected chi connectivity index (χ0v) is 11.7. The maximum absolute atomic E-state index is 11.3. The van der Waals surface area contributed by atoms with E-state index in [4.69, 9.17) is 0 Å². The number of benzene rings is 2. The molecule has 1 saturated heterocycles. The third kappa shape index (κ3) is 2.95. The van der Waals surface area contributed by atoms with E-state index >= 15 is 0 Å². The van der Waals surface area contributed by atoms with E-state index in [1.807, 2.05) is 48.5 Å². The van der Waals surface area contributed by atoms with E-state index < -0.39 is 6.04 Å². The van der Waals surface area contributed by atoms with E-state index in [1.54, 1.807) is 0 Å². The Kier molecular flexibility index (Phi) is 3.97. The summed E-state index contributed by atoms with van der Waals surface area (Å²) in [5.41, 5.74) is 2.25. The first-order valence-electron chi connectivity index (χ1n) is 7.21. The van der Waals surface area contributed by atoms with Gasteiger partial charge in [0.05, 0.1) is 12.5 Å². The summed E-state index contributed by atoms with van der Waals surface area (Å²) in [6, 6.07) is 19.5. The molecule has 0 aromatic heterocycles. The second-order valence-electron chi connectivity index (χ2n) is 5.49. The summed E-state index contributed by atoms with van der Waals surface area (Å²) in [6.45, 7) is 0.435. The minimum Gasteiger partial charge on any atom is -0.306 e. The van der Waals surface area contributed by atoms with Crippen LogP contribution in [-0.2, 0) is 6.42 Å². The van der Waals surface area contributed by atoms with Crippen LogP contribution in [0, 0.1) is 10.1 Å². The zero-order valence-electron chi connectivity index (χ0n) is 11.7. The van der Waals surface area contributed by atoms with Crippen LogP contribution in [0.5, 0.6) is 0 Å². The van der Waals surface area contributed by atoms with Crippen LogP contribution < -0.4 is 5.32 Å². The summed E-state index contributed by atoms with van der Waals surface area (Å²) in [6.07, 6.45) is 0.810. The first kappa shape index (κ1) is 13.8. The Morgan fingerprint density at radius 2 is 1.67 bits per heavy atom. The van der Waals surface area contributed by atoms with Crippen LogP contribution in [-0.4, -0.2) is 23.6 Å². The lowest BCUT2D eigenvalue weighted by atomic mass is 9.86. The van der Waals surface area contributed by atoms with Crippen LogP contribution in [0.25, 0.3) is 0 Å². The normalized spacial score (nSPS) is 24.9. The second kappa shape index (κ2) is 6.06. The third-order valence-corrected chi connectivity index (χ3v) is 4.19. The SMILES string of the molecule is O=[N+]([O-])C1CNC(Cc2ccccc2)C1c1ccccc1. The lowest BCUT2D eigenvalue weighted by molar-refractivity contribution is -0.520. The molecule has 1 N–H and O–H groups in total. The average molecular weight is 282 g/mol. The third-order valence-electron chi connectivity index (χ3n) is 4.19. The Labute approximate surface area is 124 Å². The molecular formula is C17H18N2O2. The maximum atomic E-state index is 11.3. The van der Waals surface area contributed by atoms with Crippen LogP contribution in [0.3, 0.4) is 0 Å². The van der Waals surface area contributed by atoms with E-state index in [0.29, 0.717) is 6.54 Å². The van der Waals surface area contributed by atoms with Gasteiger partial charge in [-0.2, -0.15) is 0 Å². The molecule has 3 rings (SSSR count). The Hall–Kier alpha value is -2.20. The van der Waals surface area contributed by atoms with Gasteiger partial charge >= 0.3 is 0 Å². The van der Waals surface area contributed by atoms with Gasteiger partial charge < -0.3 is 5.32 Å². The van der Waals surface area contributed by atoms with Crippen LogP contribution in [0.1, 0.15) is 17.0 Å². The Morgan fingerprint density at radius 1 is 1.05 bits per heavy atom. The lowest BCUT2D eigenvalue weighted by Crippen LogP contribution is -2.30. The number of hydrogen-bond acceptors (Lipinski definition) is 3. The molecule has 4 nitrogen and oxygen atoms in total. The number of rotatable bonds is 4. The van der Waals surface area contributed by atoms with Crippen LogP contribution in [0.15, 0.2) is 60.7 Å². The van der Waals surface area contributed by atoms with Crippen molar-refractivity contribution in [1.29, 1.82) is 0 Å². The van der Waals surface area contributed by atoms with E-state index in [2.05, 4.69) is 17.4 Å². The van der Waals surface area contributed by atoms with Crippen molar-refractivity contribution in [1.82, 2.24) is 5.32 Å². The minimum absolute atomic E-state index is 0.0820. The second-order valence-corrected chi connectivity index (χ2v) is 5.49. The maximum Gasteiger partial charge on any atom is 0.233 e. The molecule has 108 valence electrons. The molecule has 4 heteroatoms. The van der Waals surface area contributed by atoms with Crippen LogP contribution in [0.4, 0.5) is 0 Å². The van der Waals surface area contributed by atoms with Gasteiger partial charge in [-0.25, -0.2) is 0 Å². The Balaban J connectivity index is 1.87. The molecule has 0 spiro atoms. The molecule has 2 aromatic rings. The molecule has 1 aliphatic heterocycles. The average Bonchev–Trinajstić information content (AvgIpc) is 2.93. The van der Waals surface area contributed by atoms with Gasteiger partial charge in [-0.3, -0.25) is 10.1 Å². The monoisotopic (exact) mass is 282 g/mol. The minimum atomic E-state index is -0.555. The molecule has 3 unspecified atom stereocenters. The number of nitro groups is 1. The molecule has 0 saturated carbocycles. The standard InChI is InChI=1S/C17H18N2O2/c20-19(21)16-12-18-15(11-13-7-3-1-4-8-13)17(16)14-9-5-2-6-10-14/h1-10,15-18H,11-12H2. The zero-order chi connectivity index (χ0) is 14.7. The van der Waals surface area contributed by atoms with Crippen molar-refractivity contribution in [2.45, 2.75) is 24.4 Å². The first-order chi connectivity index (χ1) is 10.3. The lowest BCUT2D eigenvalue weighted by Gasteiger charge is -2.20. The van der Waals surface area contributed by atoms with Gasteiger partial charge in [-0.05, 0) is 17.5 Å². The number of hydrogen-bond donors (Lipinski definition) is 1.